The van der Waals surface area contributed by atoms with Crippen LogP contribution in [0.15, 0.2) is 18.2 Å². The molecule has 0 radical (unpaired) electrons. The molecule has 106 valence electrons. The number of hydrogen-bond acceptors (Lipinski definition) is 2. The Morgan fingerprint density at radius 3 is 2.53 bits per heavy atom. The van der Waals surface area contributed by atoms with Gasteiger partial charge in [-0.15, -0.1) is 0 Å². The third-order valence-electron chi connectivity index (χ3n) is 4.73. The summed E-state index contributed by atoms with van der Waals surface area (Å²) in [7, 11) is 0. The number of nitrogens with zero attached hydrogens (tertiary/aromatic N) is 1. The van der Waals surface area contributed by atoms with Gasteiger partial charge in [0.25, 0.3) is 0 Å². The Bertz CT molecular complexity index is 440. The summed E-state index contributed by atoms with van der Waals surface area (Å²) in [6.07, 6.45) is 2.81. The Labute approximate surface area is 115 Å². The van der Waals surface area contributed by atoms with Gasteiger partial charge >= 0.3 is 0 Å². The van der Waals surface area contributed by atoms with Gasteiger partial charge in [-0.2, -0.15) is 0 Å². The van der Waals surface area contributed by atoms with Crippen molar-refractivity contribution in [2.75, 3.05) is 18.0 Å². The van der Waals surface area contributed by atoms with E-state index in [1.54, 1.807) is 13.0 Å². The Balaban J connectivity index is 2.20. The van der Waals surface area contributed by atoms with Crippen LogP contribution >= 0.6 is 0 Å². The van der Waals surface area contributed by atoms with Crippen LogP contribution in [0.1, 0.15) is 51.7 Å². The van der Waals surface area contributed by atoms with E-state index in [1.807, 2.05) is 6.07 Å². The average molecular weight is 265 g/mol. The van der Waals surface area contributed by atoms with Gasteiger partial charge in [-0.3, -0.25) is 0 Å². The van der Waals surface area contributed by atoms with Crippen molar-refractivity contribution in [2.24, 2.45) is 5.41 Å². The molecule has 1 saturated heterocycles. The number of anilines is 1. The second kappa shape index (κ2) is 5.49. The molecule has 1 atom stereocenters. The zero-order valence-electron chi connectivity index (χ0n) is 12.1. The molecule has 1 N–H and O–H groups in total. The van der Waals surface area contributed by atoms with E-state index in [9.17, 15) is 9.50 Å². The molecule has 3 heteroatoms. The quantitative estimate of drug-likeness (QED) is 0.892. The second-order valence-corrected chi connectivity index (χ2v) is 5.77. The second-order valence-electron chi connectivity index (χ2n) is 5.77. The fraction of sp³-hybridized carbons (Fsp3) is 0.625. The SMILES string of the molecule is CCC1(CC)CCN(c2ccc(C(C)O)cc2F)C1. The van der Waals surface area contributed by atoms with Crippen molar-refractivity contribution in [3.63, 3.8) is 0 Å². The third kappa shape index (κ3) is 2.76. The highest BCUT2D eigenvalue weighted by Crippen LogP contribution is 2.39. The van der Waals surface area contributed by atoms with Gasteiger partial charge in [0.1, 0.15) is 5.82 Å². The number of aliphatic hydroxyl groups excluding tert-OH is 1. The van der Waals surface area contributed by atoms with Gasteiger partial charge < -0.3 is 10.0 Å². The zero-order chi connectivity index (χ0) is 14.0. The first-order valence-corrected chi connectivity index (χ1v) is 7.24. The van der Waals surface area contributed by atoms with Gasteiger partial charge in [-0.25, -0.2) is 4.39 Å². The Hall–Kier alpha value is -1.09. The Morgan fingerprint density at radius 1 is 1.37 bits per heavy atom. The van der Waals surface area contributed by atoms with Crippen molar-refractivity contribution in [3.8, 4) is 0 Å². The Kier molecular flexibility index (Phi) is 4.14. The summed E-state index contributed by atoms with van der Waals surface area (Å²) in [6, 6.07) is 5.08. The van der Waals surface area contributed by atoms with Gasteiger partial charge in [-0.1, -0.05) is 19.9 Å². The summed E-state index contributed by atoms with van der Waals surface area (Å²) >= 11 is 0. The minimum atomic E-state index is -0.618. The summed E-state index contributed by atoms with van der Waals surface area (Å²) in [6.45, 7) is 7.96. The molecular weight excluding hydrogens is 241 g/mol. The molecule has 1 fully saturated rings. The van der Waals surface area contributed by atoms with Gasteiger partial charge in [-0.05, 0) is 49.3 Å². The summed E-state index contributed by atoms with van der Waals surface area (Å²) < 4.78 is 14.2. The molecule has 2 rings (SSSR count). The van der Waals surface area contributed by atoms with Crippen molar-refractivity contribution < 1.29 is 9.50 Å². The van der Waals surface area contributed by atoms with E-state index >= 15 is 0 Å². The van der Waals surface area contributed by atoms with Gasteiger partial charge in [0, 0.05) is 13.1 Å². The molecule has 0 bridgehead atoms. The van der Waals surface area contributed by atoms with Crippen LogP contribution in [0.2, 0.25) is 0 Å². The normalized spacial score (nSPS) is 19.7. The van der Waals surface area contributed by atoms with Crippen molar-refractivity contribution in [3.05, 3.63) is 29.6 Å². The van der Waals surface area contributed by atoms with Crippen LogP contribution in [0.4, 0.5) is 10.1 Å². The number of aliphatic hydroxyl groups is 1. The van der Waals surface area contributed by atoms with Crippen LogP contribution in [0.3, 0.4) is 0 Å². The maximum absolute atomic E-state index is 14.2. The number of hydrogen-bond donors (Lipinski definition) is 1. The highest BCUT2D eigenvalue weighted by molar-refractivity contribution is 5.50. The predicted octanol–water partition coefficient (Wildman–Crippen LogP) is 3.90. The van der Waals surface area contributed by atoms with E-state index in [0.29, 0.717) is 16.7 Å². The molecule has 19 heavy (non-hydrogen) atoms. The molecule has 1 aromatic rings. The topological polar surface area (TPSA) is 23.5 Å². The summed E-state index contributed by atoms with van der Waals surface area (Å²) in [5.74, 6) is -0.221. The molecule has 0 aromatic heterocycles. The molecule has 1 aliphatic rings. The summed E-state index contributed by atoms with van der Waals surface area (Å²) in [4.78, 5) is 2.15. The first-order chi connectivity index (χ1) is 9.01. The molecule has 0 saturated carbocycles. The van der Waals surface area contributed by atoms with Gasteiger partial charge in [0.05, 0.1) is 11.8 Å². The van der Waals surface area contributed by atoms with Crippen LogP contribution in [0.5, 0.6) is 0 Å². The smallest absolute Gasteiger partial charge is 0.146 e. The van der Waals surface area contributed by atoms with E-state index < -0.39 is 6.10 Å². The lowest BCUT2D eigenvalue weighted by atomic mass is 9.82. The first kappa shape index (κ1) is 14.3. The molecule has 2 nitrogen and oxygen atoms in total. The monoisotopic (exact) mass is 265 g/mol. The lowest BCUT2D eigenvalue weighted by Crippen LogP contribution is -2.26. The third-order valence-corrected chi connectivity index (χ3v) is 4.73. The van der Waals surface area contributed by atoms with Gasteiger partial charge in [0.15, 0.2) is 0 Å². The predicted molar refractivity (Wildman–Crippen MR) is 76.9 cm³/mol. The van der Waals surface area contributed by atoms with E-state index in [-0.39, 0.29) is 5.82 Å². The summed E-state index contributed by atoms with van der Waals surface area (Å²) in [5, 5.41) is 9.48. The number of rotatable bonds is 4. The van der Waals surface area contributed by atoms with E-state index in [4.69, 9.17) is 0 Å². The number of halogens is 1. The largest absolute Gasteiger partial charge is 0.389 e. The van der Waals surface area contributed by atoms with Crippen LogP contribution in [-0.4, -0.2) is 18.2 Å². The fourth-order valence-electron chi connectivity index (χ4n) is 3.01. The fourth-order valence-corrected chi connectivity index (χ4v) is 3.01. The van der Waals surface area contributed by atoms with Crippen molar-refractivity contribution in [2.45, 2.75) is 46.1 Å². The zero-order valence-corrected chi connectivity index (χ0v) is 12.1. The molecule has 0 amide bonds. The molecular formula is C16H24FNO. The minimum Gasteiger partial charge on any atom is -0.389 e. The maximum atomic E-state index is 14.2. The summed E-state index contributed by atoms with van der Waals surface area (Å²) in [5.41, 5.74) is 1.65. The Morgan fingerprint density at radius 2 is 2.05 bits per heavy atom. The molecule has 0 aliphatic carbocycles. The lowest BCUT2D eigenvalue weighted by molar-refractivity contribution is 0.199. The van der Waals surface area contributed by atoms with Crippen molar-refractivity contribution in [1.29, 1.82) is 0 Å². The first-order valence-electron chi connectivity index (χ1n) is 7.24. The highest BCUT2D eigenvalue weighted by atomic mass is 19.1. The van der Waals surface area contributed by atoms with Crippen molar-refractivity contribution >= 4 is 5.69 Å². The standard InChI is InChI=1S/C16H24FNO/c1-4-16(5-2)8-9-18(11-16)15-7-6-13(12(3)19)10-14(15)17/h6-7,10,12,19H,4-5,8-9,11H2,1-3H3. The van der Waals surface area contributed by atoms with Crippen LogP contribution < -0.4 is 4.90 Å². The highest BCUT2D eigenvalue weighted by Gasteiger charge is 2.35. The van der Waals surface area contributed by atoms with E-state index in [1.165, 1.54) is 6.07 Å². The maximum Gasteiger partial charge on any atom is 0.146 e. The lowest BCUT2D eigenvalue weighted by Gasteiger charge is -2.27. The number of benzene rings is 1. The van der Waals surface area contributed by atoms with Crippen LogP contribution in [0, 0.1) is 11.2 Å². The minimum absolute atomic E-state index is 0.221. The van der Waals surface area contributed by atoms with E-state index in [2.05, 4.69) is 18.7 Å². The van der Waals surface area contributed by atoms with Crippen molar-refractivity contribution in [1.82, 2.24) is 0 Å². The average Bonchev–Trinajstić information content (AvgIpc) is 2.83. The van der Waals surface area contributed by atoms with E-state index in [0.717, 1.165) is 32.4 Å². The van der Waals surface area contributed by atoms with Crippen LogP contribution in [-0.2, 0) is 0 Å². The molecule has 0 spiro atoms. The molecule has 1 aliphatic heterocycles. The molecule has 1 unspecified atom stereocenters. The molecule has 1 heterocycles. The molecule has 1 aromatic carbocycles. The van der Waals surface area contributed by atoms with Crippen LogP contribution in [0.25, 0.3) is 0 Å². The van der Waals surface area contributed by atoms with Gasteiger partial charge in [0.2, 0.25) is 0 Å².